The Hall–Kier alpha value is -2.34. The topological polar surface area (TPSA) is 67.9 Å². The van der Waals surface area contributed by atoms with Gasteiger partial charge < -0.3 is 19.7 Å². The van der Waals surface area contributed by atoms with Gasteiger partial charge in [-0.15, -0.1) is 0 Å². The summed E-state index contributed by atoms with van der Waals surface area (Å²) in [6.07, 6.45) is 9.55. The summed E-state index contributed by atoms with van der Waals surface area (Å²) in [7, 11) is 0. The van der Waals surface area contributed by atoms with E-state index >= 15 is 0 Å². The average molecular weight is 575 g/mol. The monoisotopic (exact) mass is 574 g/mol. The molecule has 42 heavy (non-hydrogen) atoms. The minimum absolute atomic E-state index is 0.0679. The number of amides is 2. The van der Waals surface area contributed by atoms with Crippen LogP contribution in [0.4, 0.5) is 4.79 Å². The highest BCUT2D eigenvalue weighted by atomic mass is 16.6. The van der Waals surface area contributed by atoms with Crippen LogP contribution in [0.25, 0.3) is 0 Å². The number of ether oxygens (including phenoxy) is 2. The van der Waals surface area contributed by atoms with Gasteiger partial charge in [-0.2, -0.15) is 0 Å². The number of hydrogen-bond donors (Lipinski definition) is 1. The lowest BCUT2D eigenvalue weighted by molar-refractivity contribution is -0.121. The molecule has 3 aliphatic carbocycles. The molecule has 6 aliphatic rings. The number of piperidine rings is 1. The smallest absolute Gasteiger partial charge is 0.410 e. The van der Waals surface area contributed by atoms with Gasteiger partial charge in [-0.1, -0.05) is 62.2 Å². The van der Waals surface area contributed by atoms with Gasteiger partial charge in [0.2, 0.25) is 5.91 Å². The zero-order valence-electron chi connectivity index (χ0n) is 26.1. The fraction of sp³-hybridized carbons (Fsp3) is 0.722. The molecule has 1 aromatic carbocycles. The normalized spacial score (nSPS) is 43.0. The molecule has 1 aromatic rings. The van der Waals surface area contributed by atoms with Gasteiger partial charge in [0.15, 0.2) is 0 Å². The molecule has 0 bridgehead atoms. The fourth-order valence-electron chi connectivity index (χ4n) is 10.8. The van der Waals surface area contributed by atoms with Crippen molar-refractivity contribution < 1.29 is 19.1 Å². The second-order valence-electron chi connectivity index (χ2n) is 15.2. The Bertz CT molecular complexity index is 1250. The minimum atomic E-state index is -0.214. The molecule has 3 aliphatic heterocycles. The van der Waals surface area contributed by atoms with E-state index < -0.39 is 0 Å². The van der Waals surface area contributed by atoms with Crippen molar-refractivity contribution >= 4 is 12.0 Å². The van der Waals surface area contributed by atoms with Crippen LogP contribution >= 0.6 is 0 Å². The van der Waals surface area contributed by atoms with Crippen LogP contribution in [0, 0.1) is 40.9 Å². The number of rotatable bonds is 2. The van der Waals surface area contributed by atoms with E-state index in [4.69, 9.17) is 9.47 Å². The first-order valence-electron chi connectivity index (χ1n) is 16.8. The lowest BCUT2D eigenvalue weighted by Gasteiger charge is -2.49. The Labute approximate surface area is 252 Å². The number of carbonyl (C=O) groups is 2. The molecule has 2 saturated carbocycles. The van der Waals surface area contributed by atoms with Gasteiger partial charge in [0, 0.05) is 25.4 Å². The van der Waals surface area contributed by atoms with Crippen molar-refractivity contribution in [3.8, 4) is 0 Å². The third-order valence-corrected chi connectivity index (χ3v) is 13.0. The van der Waals surface area contributed by atoms with E-state index in [2.05, 4.69) is 33.0 Å². The summed E-state index contributed by atoms with van der Waals surface area (Å²) >= 11 is 0. The number of hydrogen-bond acceptors (Lipinski definition) is 4. The fourth-order valence-corrected chi connectivity index (χ4v) is 10.8. The van der Waals surface area contributed by atoms with Crippen molar-refractivity contribution in [2.45, 2.75) is 110 Å². The van der Waals surface area contributed by atoms with E-state index in [1.165, 1.54) is 25.7 Å². The van der Waals surface area contributed by atoms with Crippen molar-refractivity contribution in [2.75, 3.05) is 13.1 Å². The van der Waals surface area contributed by atoms with E-state index in [0.29, 0.717) is 36.7 Å². The summed E-state index contributed by atoms with van der Waals surface area (Å²) in [5, 5.41) is 3.22. The van der Waals surface area contributed by atoms with Gasteiger partial charge >= 0.3 is 6.09 Å². The Kier molecular flexibility index (Phi) is 7.23. The Morgan fingerprint density at radius 1 is 1.14 bits per heavy atom. The van der Waals surface area contributed by atoms with Crippen LogP contribution < -0.4 is 5.32 Å². The van der Waals surface area contributed by atoms with Gasteiger partial charge in [0.05, 0.1) is 17.7 Å². The van der Waals surface area contributed by atoms with Crippen LogP contribution in [0.1, 0.15) is 91.0 Å². The van der Waals surface area contributed by atoms with E-state index in [-0.39, 0.29) is 41.1 Å². The summed E-state index contributed by atoms with van der Waals surface area (Å²) in [6.45, 7) is 11.4. The lowest BCUT2D eigenvalue weighted by Crippen LogP contribution is -2.54. The number of benzene rings is 1. The second kappa shape index (κ2) is 10.7. The zero-order valence-corrected chi connectivity index (χ0v) is 26.1. The molecule has 1 spiro atoms. The maximum absolute atomic E-state index is 13.5. The van der Waals surface area contributed by atoms with Crippen molar-refractivity contribution in [3.05, 3.63) is 47.0 Å². The molecule has 6 heteroatoms. The molecule has 10 atom stereocenters. The van der Waals surface area contributed by atoms with E-state index in [0.717, 1.165) is 50.3 Å². The molecule has 0 aromatic heterocycles. The molecule has 0 unspecified atom stereocenters. The summed E-state index contributed by atoms with van der Waals surface area (Å²) in [6, 6.07) is 10.0. The molecule has 3 heterocycles. The molecule has 7 rings (SSSR count). The van der Waals surface area contributed by atoms with E-state index in [9.17, 15) is 9.59 Å². The summed E-state index contributed by atoms with van der Waals surface area (Å²) in [5.41, 5.74) is 4.32. The lowest BCUT2D eigenvalue weighted by atomic mass is 9.55. The van der Waals surface area contributed by atoms with Gasteiger partial charge in [0.1, 0.15) is 6.61 Å². The minimum Gasteiger partial charge on any atom is -0.445 e. The van der Waals surface area contributed by atoms with Crippen molar-refractivity contribution in [2.24, 2.45) is 40.9 Å². The predicted molar refractivity (Wildman–Crippen MR) is 162 cm³/mol. The van der Waals surface area contributed by atoms with Crippen LogP contribution in [-0.4, -0.2) is 47.7 Å². The van der Waals surface area contributed by atoms with Crippen LogP contribution in [-0.2, 0) is 20.9 Å². The van der Waals surface area contributed by atoms with Crippen LogP contribution in [0.15, 0.2) is 41.5 Å². The SMILES string of the molecule is CC1=C2C[C@H]3[C@@H](CC[C@@H]4CNC(=O)CC[C@@]43C)[C@@H]2CC[C@@]2(C1)O[C@@H]1C[C@H](C)CN(C(=O)OCc3ccccc3)[C@H]1[C@H]2C. The Morgan fingerprint density at radius 3 is 2.76 bits per heavy atom. The Morgan fingerprint density at radius 2 is 1.95 bits per heavy atom. The van der Waals surface area contributed by atoms with Crippen LogP contribution in [0.5, 0.6) is 0 Å². The van der Waals surface area contributed by atoms with E-state index in [1.54, 1.807) is 11.1 Å². The predicted octanol–water partition coefficient (Wildman–Crippen LogP) is 6.89. The molecule has 2 amide bonds. The van der Waals surface area contributed by atoms with Gasteiger partial charge in [-0.25, -0.2) is 4.79 Å². The number of nitrogens with one attached hydrogen (secondary N) is 1. The molecule has 228 valence electrons. The third kappa shape index (κ3) is 4.62. The first-order chi connectivity index (χ1) is 20.2. The molecule has 1 N–H and O–H groups in total. The molecule has 0 radical (unpaired) electrons. The highest BCUT2D eigenvalue weighted by molar-refractivity contribution is 5.76. The quantitative estimate of drug-likeness (QED) is 0.391. The second-order valence-corrected chi connectivity index (χ2v) is 15.2. The number of allylic oxidation sites excluding steroid dienone is 1. The van der Waals surface area contributed by atoms with E-state index in [1.807, 2.05) is 35.2 Å². The van der Waals surface area contributed by atoms with Crippen molar-refractivity contribution in [1.82, 2.24) is 10.2 Å². The van der Waals surface area contributed by atoms with Gasteiger partial charge in [0.25, 0.3) is 0 Å². The molecule has 5 fully saturated rings. The number of nitrogens with zero attached hydrogens (tertiary/aromatic N) is 1. The average Bonchev–Trinajstić information content (AvgIpc) is 3.38. The highest BCUT2D eigenvalue weighted by Crippen LogP contribution is 2.64. The molecular weight excluding hydrogens is 524 g/mol. The van der Waals surface area contributed by atoms with Crippen LogP contribution in [0.3, 0.4) is 0 Å². The highest BCUT2D eigenvalue weighted by Gasteiger charge is 2.60. The van der Waals surface area contributed by atoms with Crippen molar-refractivity contribution in [3.63, 3.8) is 0 Å². The number of likely N-dealkylation sites (tertiary alicyclic amines) is 1. The third-order valence-electron chi connectivity index (χ3n) is 13.0. The summed E-state index contributed by atoms with van der Waals surface area (Å²) < 4.78 is 13.1. The summed E-state index contributed by atoms with van der Waals surface area (Å²) in [5.74, 6) is 3.56. The van der Waals surface area contributed by atoms with Gasteiger partial charge in [-0.3, -0.25) is 4.79 Å². The van der Waals surface area contributed by atoms with Crippen LogP contribution in [0.2, 0.25) is 0 Å². The molecule has 3 saturated heterocycles. The summed E-state index contributed by atoms with van der Waals surface area (Å²) in [4.78, 5) is 27.9. The van der Waals surface area contributed by atoms with Crippen molar-refractivity contribution in [1.29, 1.82) is 0 Å². The maximum atomic E-state index is 13.5. The number of carbonyl (C=O) groups excluding carboxylic acids is 2. The first-order valence-corrected chi connectivity index (χ1v) is 16.8. The molecular formula is C36H50N2O4. The zero-order chi connectivity index (χ0) is 29.2. The first kappa shape index (κ1) is 28.4. The number of fused-ring (bicyclic) bond motifs is 6. The molecule has 6 nitrogen and oxygen atoms in total. The maximum Gasteiger partial charge on any atom is 0.410 e. The van der Waals surface area contributed by atoms with Gasteiger partial charge in [-0.05, 0) is 98.9 Å². The largest absolute Gasteiger partial charge is 0.445 e. The standard InChI is InChI=1S/C36H50N2O4/c1-22-16-31-33(38(20-22)34(40)41-21-25-8-6-5-7-9-25)24(3)36(42-31)15-12-27-28-11-10-26-19-37-32(39)13-14-35(26,4)30(28)17-29(27)23(2)18-36/h5-9,22,24,26-28,30-31,33H,10-21H2,1-4H3,(H,37,39)/t22-,24+,26+,27-,28-,30-,31+,33-,35-,36-/m0/s1. The Balaban J connectivity index is 1.11.